The number of nitrogens with zero attached hydrogens (tertiary/aromatic N) is 2. The predicted molar refractivity (Wildman–Crippen MR) is 87.4 cm³/mol. The van der Waals surface area contributed by atoms with Crippen LogP contribution in [0.4, 0.5) is 4.39 Å². The number of carbonyl (C=O) groups is 1. The Balaban J connectivity index is 2.25. The van der Waals surface area contributed by atoms with Crippen LogP contribution in [-0.4, -0.2) is 15.7 Å². The van der Waals surface area contributed by atoms with E-state index in [0.29, 0.717) is 18.0 Å². The monoisotopic (exact) mass is 318 g/mol. The van der Waals surface area contributed by atoms with Crippen LogP contribution in [0.15, 0.2) is 30.3 Å². The van der Waals surface area contributed by atoms with Crippen LogP contribution in [0.1, 0.15) is 58.1 Å². The Morgan fingerprint density at radius 2 is 2.09 bits per heavy atom. The molecule has 0 radical (unpaired) electrons. The summed E-state index contributed by atoms with van der Waals surface area (Å²) in [6.45, 7) is 6.09. The van der Waals surface area contributed by atoms with Gasteiger partial charge in [-0.1, -0.05) is 39.7 Å². The fourth-order valence-electron chi connectivity index (χ4n) is 2.22. The van der Waals surface area contributed by atoms with Crippen LogP contribution < -0.4 is 4.74 Å². The van der Waals surface area contributed by atoms with E-state index in [-0.39, 0.29) is 17.7 Å². The van der Waals surface area contributed by atoms with Gasteiger partial charge in [-0.25, -0.2) is 9.07 Å². The molecule has 0 bridgehead atoms. The lowest BCUT2D eigenvalue weighted by molar-refractivity contribution is -0.134. The highest BCUT2D eigenvalue weighted by Gasteiger charge is 2.16. The van der Waals surface area contributed by atoms with Gasteiger partial charge in [0.05, 0.1) is 11.4 Å². The van der Waals surface area contributed by atoms with E-state index >= 15 is 0 Å². The average molecular weight is 318 g/mol. The van der Waals surface area contributed by atoms with Crippen LogP contribution in [0.5, 0.6) is 5.88 Å². The zero-order chi connectivity index (χ0) is 16.8. The molecule has 0 unspecified atom stereocenters. The molecule has 0 aliphatic carbocycles. The Labute approximate surface area is 136 Å². The van der Waals surface area contributed by atoms with Gasteiger partial charge in [-0.15, -0.1) is 0 Å². The molecule has 1 aromatic carbocycles. The molecule has 0 N–H and O–H groups in total. The van der Waals surface area contributed by atoms with Gasteiger partial charge in [-0.2, -0.15) is 5.10 Å². The van der Waals surface area contributed by atoms with Crippen molar-refractivity contribution in [2.45, 2.75) is 52.4 Å². The first-order valence-corrected chi connectivity index (χ1v) is 8.07. The normalized spacial score (nSPS) is 11.0. The summed E-state index contributed by atoms with van der Waals surface area (Å²) in [7, 11) is 0. The smallest absolute Gasteiger partial charge is 0.312 e. The van der Waals surface area contributed by atoms with Crippen molar-refractivity contribution in [3.63, 3.8) is 0 Å². The van der Waals surface area contributed by atoms with Crippen LogP contribution in [0, 0.1) is 5.82 Å². The van der Waals surface area contributed by atoms with Crippen LogP contribution >= 0.6 is 0 Å². The summed E-state index contributed by atoms with van der Waals surface area (Å²) < 4.78 is 20.4. The van der Waals surface area contributed by atoms with Gasteiger partial charge in [0.15, 0.2) is 0 Å². The molecule has 1 aromatic heterocycles. The van der Waals surface area contributed by atoms with E-state index in [1.807, 2.05) is 13.8 Å². The van der Waals surface area contributed by atoms with Crippen molar-refractivity contribution >= 4 is 5.97 Å². The van der Waals surface area contributed by atoms with E-state index in [1.165, 1.54) is 16.8 Å². The van der Waals surface area contributed by atoms with Crippen LogP contribution in [0.25, 0.3) is 5.69 Å². The fraction of sp³-hybridized carbons (Fsp3) is 0.444. The van der Waals surface area contributed by atoms with Crippen LogP contribution in [0.3, 0.4) is 0 Å². The SMILES string of the molecule is CCCCCC(=O)Oc1cc(C(C)C)nn1-c1cccc(F)c1. The topological polar surface area (TPSA) is 44.1 Å². The van der Waals surface area contributed by atoms with Crippen molar-refractivity contribution in [2.24, 2.45) is 0 Å². The number of unbranched alkanes of at least 4 members (excludes halogenated alkanes) is 2. The maximum Gasteiger partial charge on any atom is 0.312 e. The number of rotatable bonds is 7. The van der Waals surface area contributed by atoms with Crippen molar-refractivity contribution in [1.82, 2.24) is 9.78 Å². The van der Waals surface area contributed by atoms with Crippen LogP contribution in [0.2, 0.25) is 0 Å². The highest BCUT2D eigenvalue weighted by molar-refractivity contribution is 5.72. The van der Waals surface area contributed by atoms with Gasteiger partial charge in [0, 0.05) is 12.5 Å². The molecule has 0 aliphatic rings. The van der Waals surface area contributed by atoms with E-state index in [1.54, 1.807) is 18.2 Å². The first kappa shape index (κ1) is 17.2. The molecule has 5 heteroatoms. The van der Waals surface area contributed by atoms with Crippen molar-refractivity contribution in [3.8, 4) is 11.6 Å². The predicted octanol–water partition coefficient (Wildman–Crippen LogP) is 4.62. The molecule has 0 saturated carbocycles. The molecular formula is C18H23FN2O2. The summed E-state index contributed by atoms with van der Waals surface area (Å²) in [5.74, 6) is -0.126. The fourth-order valence-corrected chi connectivity index (χ4v) is 2.22. The van der Waals surface area contributed by atoms with Gasteiger partial charge in [-0.3, -0.25) is 4.79 Å². The lowest BCUT2D eigenvalue weighted by Gasteiger charge is -2.08. The number of carbonyl (C=O) groups excluding carboxylic acids is 1. The molecule has 2 rings (SSSR count). The van der Waals surface area contributed by atoms with E-state index in [0.717, 1.165) is 25.0 Å². The summed E-state index contributed by atoms with van der Waals surface area (Å²) in [5.41, 5.74) is 1.33. The van der Waals surface area contributed by atoms with Crippen molar-refractivity contribution in [3.05, 3.63) is 41.8 Å². The highest BCUT2D eigenvalue weighted by Crippen LogP contribution is 2.24. The third-order valence-corrected chi connectivity index (χ3v) is 3.54. The molecule has 124 valence electrons. The molecule has 4 nitrogen and oxygen atoms in total. The minimum Gasteiger partial charge on any atom is -0.407 e. The van der Waals surface area contributed by atoms with Crippen molar-refractivity contribution < 1.29 is 13.9 Å². The number of benzene rings is 1. The van der Waals surface area contributed by atoms with Gasteiger partial charge in [-0.05, 0) is 30.5 Å². The number of hydrogen-bond acceptors (Lipinski definition) is 3. The first-order valence-electron chi connectivity index (χ1n) is 8.07. The largest absolute Gasteiger partial charge is 0.407 e. The average Bonchev–Trinajstić information content (AvgIpc) is 2.91. The number of aromatic nitrogens is 2. The number of hydrogen-bond donors (Lipinski definition) is 0. The molecule has 0 fully saturated rings. The minimum atomic E-state index is -0.357. The molecule has 23 heavy (non-hydrogen) atoms. The first-order chi connectivity index (χ1) is 11.0. The summed E-state index contributed by atoms with van der Waals surface area (Å²) in [5, 5.41) is 4.44. The molecule has 1 heterocycles. The van der Waals surface area contributed by atoms with Gasteiger partial charge < -0.3 is 4.74 Å². The summed E-state index contributed by atoms with van der Waals surface area (Å²) in [4.78, 5) is 12.0. The van der Waals surface area contributed by atoms with E-state index < -0.39 is 0 Å². The van der Waals surface area contributed by atoms with Crippen molar-refractivity contribution in [1.29, 1.82) is 0 Å². The Morgan fingerprint density at radius 1 is 1.30 bits per heavy atom. The van der Waals surface area contributed by atoms with E-state index in [4.69, 9.17) is 4.74 Å². The molecule has 2 aromatic rings. The maximum absolute atomic E-state index is 13.5. The van der Waals surface area contributed by atoms with Gasteiger partial charge in [0.25, 0.3) is 0 Å². The number of ether oxygens (including phenoxy) is 1. The summed E-state index contributed by atoms with van der Waals surface area (Å²) >= 11 is 0. The quantitative estimate of drug-likeness (QED) is 0.552. The van der Waals surface area contributed by atoms with Crippen molar-refractivity contribution in [2.75, 3.05) is 0 Å². The Kier molecular flexibility index (Phi) is 5.90. The Bertz CT molecular complexity index is 665. The Morgan fingerprint density at radius 3 is 2.74 bits per heavy atom. The zero-order valence-corrected chi connectivity index (χ0v) is 13.9. The molecule has 0 amide bonds. The molecule has 0 saturated heterocycles. The minimum absolute atomic E-state index is 0.183. The van der Waals surface area contributed by atoms with Gasteiger partial charge in [0.1, 0.15) is 5.82 Å². The van der Waals surface area contributed by atoms with E-state index in [2.05, 4.69) is 12.0 Å². The summed E-state index contributed by atoms with van der Waals surface area (Å²) in [6, 6.07) is 7.81. The van der Waals surface area contributed by atoms with E-state index in [9.17, 15) is 9.18 Å². The molecule has 0 spiro atoms. The third-order valence-electron chi connectivity index (χ3n) is 3.54. The number of halogens is 1. The van der Waals surface area contributed by atoms with Crippen LogP contribution in [-0.2, 0) is 4.79 Å². The zero-order valence-electron chi connectivity index (χ0n) is 13.9. The lowest BCUT2D eigenvalue weighted by Crippen LogP contribution is -2.11. The Hall–Kier alpha value is -2.17. The molecular weight excluding hydrogens is 295 g/mol. The lowest BCUT2D eigenvalue weighted by atomic mass is 10.1. The highest BCUT2D eigenvalue weighted by atomic mass is 19.1. The molecule has 0 atom stereocenters. The second kappa shape index (κ2) is 7.90. The second-order valence-electron chi connectivity index (χ2n) is 5.88. The number of esters is 1. The standard InChI is InChI=1S/C18H23FN2O2/c1-4-5-6-10-18(22)23-17-12-16(13(2)3)20-21(17)15-9-7-8-14(19)11-15/h7-9,11-13H,4-6,10H2,1-3H3. The van der Waals surface area contributed by atoms with Gasteiger partial charge >= 0.3 is 5.97 Å². The third kappa shape index (κ3) is 4.65. The molecule has 0 aliphatic heterocycles. The summed E-state index contributed by atoms with van der Waals surface area (Å²) in [6.07, 6.45) is 3.22. The maximum atomic E-state index is 13.5. The second-order valence-corrected chi connectivity index (χ2v) is 5.88. The van der Waals surface area contributed by atoms with Gasteiger partial charge in [0.2, 0.25) is 5.88 Å².